The highest BCUT2D eigenvalue weighted by Crippen LogP contribution is 2.58. The third-order valence-corrected chi connectivity index (χ3v) is 2.82. The maximum atomic E-state index is 10.8. The van der Waals surface area contributed by atoms with E-state index in [0.29, 0.717) is 0 Å². The van der Waals surface area contributed by atoms with E-state index in [9.17, 15) is 9.59 Å². The van der Waals surface area contributed by atoms with Crippen molar-refractivity contribution in [3.63, 3.8) is 0 Å². The van der Waals surface area contributed by atoms with Crippen LogP contribution in [0.5, 0.6) is 0 Å². The van der Waals surface area contributed by atoms with Gasteiger partial charge in [0, 0.05) is 6.08 Å². The van der Waals surface area contributed by atoms with Crippen molar-refractivity contribution < 1.29 is 19.4 Å². The van der Waals surface area contributed by atoms with Gasteiger partial charge in [0.1, 0.15) is 0 Å². The Labute approximate surface area is 82.6 Å². The Kier molecular flexibility index (Phi) is 2.64. The van der Waals surface area contributed by atoms with E-state index in [2.05, 4.69) is 4.74 Å². The molecule has 0 aromatic carbocycles. The summed E-state index contributed by atoms with van der Waals surface area (Å²) in [7, 11) is 1.29. The summed E-state index contributed by atoms with van der Waals surface area (Å²) >= 11 is 0. The van der Waals surface area contributed by atoms with Crippen LogP contribution in [-0.2, 0) is 14.3 Å². The van der Waals surface area contributed by atoms with E-state index < -0.39 is 11.9 Å². The lowest BCUT2D eigenvalue weighted by Gasteiger charge is -1.96. The molecule has 1 saturated carbocycles. The van der Waals surface area contributed by atoms with Gasteiger partial charge in [-0.3, -0.25) is 4.79 Å². The molecule has 0 heterocycles. The summed E-state index contributed by atoms with van der Waals surface area (Å²) in [4.78, 5) is 21.5. The minimum Gasteiger partial charge on any atom is -0.481 e. The molecule has 2 unspecified atom stereocenters. The van der Waals surface area contributed by atoms with Gasteiger partial charge in [-0.05, 0) is 11.3 Å². The molecule has 0 amide bonds. The maximum Gasteiger partial charge on any atom is 0.330 e. The standard InChI is InChI=1S/C10H14O4/c1-10(2)6(8(10)9(12)13)4-5-7(11)14-3/h4-6,8H,1-3H3,(H,12,13)/b5-4-. The number of allylic oxidation sites excluding steroid dienone is 1. The Hall–Kier alpha value is -1.32. The largest absolute Gasteiger partial charge is 0.481 e. The molecule has 0 bridgehead atoms. The van der Waals surface area contributed by atoms with Crippen molar-refractivity contribution >= 4 is 11.9 Å². The lowest BCUT2D eigenvalue weighted by Crippen LogP contribution is -2.03. The molecule has 2 atom stereocenters. The van der Waals surface area contributed by atoms with Crippen LogP contribution < -0.4 is 0 Å². The number of aliphatic carboxylic acids is 1. The summed E-state index contributed by atoms with van der Waals surface area (Å²) in [6, 6.07) is 0. The SMILES string of the molecule is COC(=O)/C=C\C1C(C(=O)O)C1(C)C. The van der Waals surface area contributed by atoms with Crippen LogP contribution >= 0.6 is 0 Å². The van der Waals surface area contributed by atoms with Gasteiger partial charge in [0.2, 0.25) is 0 Å². The lowest BCUT2D eigenvalue weighted by molar-refractivity contribution is -0.139. The van der Waals surface area contributed by atoms with Crippen molar-refractivity contribution in [2.24, 2.45) is 17.3 Å². The van der Waals surface area contributed by atoms with Crippen LogP contribution in [0.3, 0.4) is 0 Å². The first-order valence-electron chi connectivity index (χ1n) is 4.40. The van der Waals surface area contributed by atoms with E-state index >= 15 is 0 Å². The molecule has 1 N–H and O–H groups in total. The minimum absolute atomic E-state index is 0.0703. The average molecular weight is 198 g/mol. The summed E-state index contributed by atoms with van der Waals surface area (Å²) in [6.45, 7) is 3.75. The van der Waals surface area contributed by atoms with Crippen LogP contribution in [0.2, 0.25) is 0 Å². The molecule has 1 fully saturated rings. The second-order valence-electron chi connectivity index (χ2n) is 4.05. The molecular weight excluding hydrogens is 184 g/mol. The molecule has 1 aliphatic carbocycles. The van der Waals surface area contributed by atoms with E-state index in [1.165, 1.54) is 13.2 Å². The molecule has 0 radical (unpaired) electrons. The number of carboxylic acids is 1. The zero-order chi connectivity index (χ0) is 10.9. The summed E-state index contributed by atoms with van der Waals surface area (Å²) in [5.74, 6) is -1.71. The van der Waals surface area contributed by atoms with Crippen molar-refractivity contribution in [3.8, 4) is 0 Å². The predicted molar refractivity (Wildman–Crippen MR) is 49.6 cm³/mol. The molecule has 4 nitrogen and oxygen atoms in total. The van der Waals surface area contributed by atoms with Crippen molar-refractivity contribution in [1.29, 1.82) is 0 Å². The fourth-order valence-electron chi connectivity index (χ4n) is 1.76. The van der Waals surface area contributed by atoms with Crippen molar-refractivity contribution in [1.82, 2.24) is 0 Å². The molecule has 1 aliphatic rings. The van der Waals surface area contributed by atoms with Gasteiger partial charge >= 0.3 is 11.9 Å². The minimum atomic E-state index is -0.811. The molecular formula is C10H14O4. The van der Waals surface area contributed by atoms with E-state index in [4.69, 9.17) is 5.11 Å². The fraction of sp³-hybridized carbons (Fsp3) is 0.600. The molecule has 78 valence electrons. The first-order valence-corrected chi connectivity index (χ1v) is 4.40. The Morgan fingerprint density at radius 3 is 2.36 bits per heavy atom. The first-order chi connectivity index (χ1) is 6.41. The van der Waals surface area contributed by atoms with Gasteiger partial charge in [0.15, 0.2) is 0 Å². The summed E-state index contributed by atoms with van der Waals surface area (Å²) in [5.41, 5.74) is -0.254. The molecule has 0 aromatic heterocycles. The van der Waals surface area contributed by atoms with Crippen molar-refractivity contribution in [3.05, 3.63) is 12.2 Å². The van der Waals surface area contributed by atoms with Gasteiger partial charge in [-0.15, -0.1) is 0 Å². The quantitative estimate of drug-likeness (QED) is 0.544. The van der Waals surface area contributed by atoms with Crippen molar-refractivity contribution in [2.45, 2.75) is 13.8 Å². The molecule has 0 aromatic rings. The number of ether oxygens (including phenoxy) is 1. The normalized spacial score (nSPS) is 28.8. The van der Waals surface area contributed by atoms with Crippen LogP contribution in [0, 0.1) is 17.3 Å². The zero-order valence-corrected chi connectivity index (χ0v) is 8.48. The topological polar surface area (TPSA) is 63.6 Å². The molecule has 1 rings (SSSR count). The van der Waals surface area contributed by atoms with Crippen molar-refractivity contribution in [2.75, 3.05) is 7.11 Å². The summed E-state index contributed by atoms with van der Waals surface area (Å²) < 4.78 is 4.42. The Balaban J connectivity index is 2.61. The first kappa shape index (κ1) is 10.8. The number of carbonyl (C=O) groups excluding carboxylic acids is 1. The Bertz CT molecular complexity index is 290. The number of carbonyl (C=O) groups is 2. The molecule has 14 heavy (non-hydrogen) atoms. The Morgan fingerprint density at radius 2 is 2.00 bits per heavy atom. The average Bonchev–Trinajstić information content (AvgIpc) is 2.64. The van der Waals surface area contributed by atoms with Crippen LogP contribution in [0.4, 0.5) is 0 Å². The fourth-order valence-corrected chi connectivity index (χ4v) is 1.76. The molecule has 4 heteroatoms. The monoisotopic (exact) mass is 198 g/mol. The van der Waals surface area contributed by atoms with Gasteiger partial charge in [0.05, 0.1) is 13.0 Å². The second-order valence-corrected chi connectivity index (χ2v) is 4.05. The number of methoxy groups -OCH3 is 1. The molecule has 0 aliphatic heterocycles. The third kappa shape index (κ3) is 1.78. The molecule has 0 spiro atoms. The van der Waals surface area contributed by atoms with E-state index in [-0.39, 0.29) is 17.3 Å². The summed E-state index contributed by atoms with van der Waals surface area (Å²) in [5, 5.41) is 8.83. The number of hydrogen-bond acceptors (Lipinski definition) is 3. The van der Waals surface area contributed by atoms with Gasteiger partial charge in [-0.2, -0.15) is 0 Å². The van der Waals surface area contributed by atoms with Crippen LogP contribution in [0.25, 0.3) is 0 Å². The van der Waals surface area contributed by atoms with Crippen LogP contribution in [0.1, 0.15) is 13.8 Å². The zero-order valence-electron chi connectivity index (χ0n) is 8.48. The van der Waals surface area contributed by atoms with E-state index in [0.717, 1.165) is 0 Å². The van der Waals surface area contributed by atoms with E-state index in [1.54, 1.807) is 6.08 Å². The number of carboxylic acid groups (broad SMARTS) is 1. The highest BCUT2D eigenvalue weighted by Gasteiger charge is 2.60. The highest BCUT2D eigenvalue weighted by atomic mass is 16.5. The van der Waals surface area contributed by atoms with Gasteiger partial charge in [-0.25, -0.2) is 4.79 Å². The van der Waals surface area contributed by atoms with Gasteiger partial charge in [0.25, 0.3) is 0 Å². The van der Waals surface area contributed by atoms with Gasteiger partial charge < -0.3 is 9.84 Å². The Morgan fingerprint density at radius 1 is 1.43 bits per heavy atom. The lowest BCUT2D eigenvalue weighted by atomic mass is 10.1. The maximum absolute atomic E-state index is 10.8. The second kappa shape index (κ2) is 3.44. The number of hydrogen-bond donors (Lipinski definition) is 1. The molecule has 0 saturated heterocycles. The smallest absolute Gasteiger partial charge is 0.330 e. The number of rotatable bonds is 3. The highest BCUT2D eigenvalue weighted by molar-refractivity contribution is 5.82. The van der Waals surface area contributed by atoms with E-state index in [1.807, 2.05) is 13.8 Å². The predicted octanol–water partition coefficient (Wildman–Crippen LogP) is 1.07. The summed E-state index contributed by atoms with van der Waals surface area (Å²) in [6.07, 6.45) is 2.90. The third-order valence-electron chi connectivity index (χ3n) is 2.82. The van der Waals surface area contributed by atoms with Crippen LogP contribution in [-0.4, -0.2) is 24.2 Å². The van der Waals surface area contributed by atoms with Crippen LogP contribution in [0.15, 0.2) is 12.2 Å². The van der Waals surface area contributed by atoms with Gasteiger partial charge in [-0.1, -0.05) is 19.9 Å². The number of esters is 1.